The molecular formula is C13H12N2O3S2. The zero-order chi connectivity index (χ0) is 14.7. The fraction of sp³-hybridized carbons (Fsp3) is 0.231. The number of nitro groups is 1. The van der Waals surface area contributed by atoms with Gasteiger partial charge in [-0.1, -0.05) is 43.0 Å². The number of carbonyl (C=O) groups excluding carboxylic acids is 1. The summed E-state index contributed by atoms with van der Waals surface area (Å²) in [4.78, 5) is 24.5. The van der Waals surface area contributed by atoms with E-state index in [-0.39, 0.29) is 11.6 Å². The summed E-state index contributed by atoms with van der Waals surface area (Å²) in [6.07, 6.45) is 2.47. The molecule has 1 aliphatic heterocycles. The van der Waals surface area contributed by atoms with Gasteiger partial charge in [0.15, 0.2) is 0 Å². The van der Waals surface area contributed by atoms with Crippen molar-refractivity contribution in [2.75, 3.05) is 6.54 Å². The van der Waals surface area contributed by atoms with Crippen molar-refractivity contribution < 1.29 is 9.72 Å². The van der Waals surface area contributed by atoms with Crippen molar-refractivity contribution >= 4 is 46.0 Å². The number of benzene rings is 1. The highest BCUT2D eigenvalue weighted by atomic mass is 32.2. The molecule has 0 aliphatic carbocycles. The van der Waals surface area contributed by atoms with Crippen LogP contribution in [0.25, 0.3) is 6.08 Å². The third-order valence-corrected chi connectivity index (χ3v) is 4.08. The lowest BCUT2D eigenvalue weighted by atomic mass is 10.2. The zero-order valence-corrected chi connectivity index (χ0v) is 12.4. The molecule has 1 aromatic rings. The minimum absolute atomic E-state index is 0.00258. The van der Waals surface area contributed by atoms with Gasteiger partial charge in [-0.2, -0.15) is 0 Å². The summed E-state index contributed by atoms with van der Waals surface area (Å²) in [5.41, 5.74) is 0.624. The first-order chi connectivity index (χ1) is 9.52. The molecule has 1 aliphatic rings. The van der Waals surface area contributed by atoms with Gasteiger partial charge in [-0.15, -0.1) is 0 Å². The second-order valence-corrected chi connectivity index (χ2v) is 5.86. The first-order valence-corrected chi connectivity index (χ1v) is 7.25. The summed E-state index contributed by atoms with van der Waals surface area (Å²) in [6, 6.07) is 6.17. The van der Waals surface area contributed by atoms with Crippen molar-refractivity contribution in [3.05, 3.63) is 44.8 Å². The summed E-state index contributed by atoms with van der Waals surface area (Å²) in [6.45, 7) is 2.57. The molecule has 0 saturated carbocycles. The average molecular weight is 308 g/mol. The molecule has 0 spiro atoms. The molecule has 2 rings (SSSR count). The Bertz CT molecular complexity index is 613. The predicted molar refractivity (Wildman–Crippen MR) is 83.3 cm³/mol. The number of nitrogens with zero attached hydrogens (tertiary/aromatic N) is 2. The van der Waals surface area contributed by atoms with Gasteiger partial charge >= 0.3 is 0 Å². The Kier molecular flexibility index (Phi) is 4.51. The fourth-order valence-corrected chi connectivity index (χ4v) is 3.10. The van der Waals surface area contributed by atoms with Crippen LogP contribution in [0.15, 0.2) is 29.2 Å². The summed E-state index contributed by atoms with van der Waals surface area (Å²) in [5.74, 6) is -0.131. The highest BCUT2D eigenvalue weighted by Gasteiger charge is 2.31. The molecule has 7 heteroatoms. The average Bonchev–Trinajstić information content (AvgIpc) is 2.67. The third kappa shape index (κ3) is 3.05. The molecule has 5 nitrogen and oxygen atoms in total. The maximum absolute atomic E-state index is 12.1. The Morgan fingerprint density at radius 3 is 2.90 bits per heavy atom. The van der Waals surface area contributed by atoms with Crippen LogP contribution in [0.5, 0.6) is 0 Å². The lowest BCUT2D eigenvalue weighted by molar-refractivity contribution is -0.384. The van der Waals surface area contributed by atoms with Gasteiger partial charge in [-0.05, 0) is 18.1 Å². The number of hydrogen-bond acceptors (Lipinski definition) is 5. The Hall–Kier alpha value is -1.73. The van der Waals surface area contributed by atoms with Crippen molar-refractivity contribution in [3.63, 3.8) is 0 Å². The van der Waals surface area contributed by atoms with E-state index < -0.39 is 4.92 Å². The molecule has 1 aromatic carbocycles. The molecule has 0 aromatic heterocycles. The molecule has 0 radical (unpaired) electrons. The Labute approximate surface area is 125 Å². The normalized spacial score (nSPS) is 17.1. The zero-order valence-electron chi connectivity index (χ0n) is 10.7. The number of nitro benzene ring substituents is 1. The lowest BCUT2D eigenvalue weighted by Gasteiger charge is -2.11. The van der Waals surface area contributed by atoms with Gasteiger partial charge in [0.2, 0.25) is 0 Å². The highest BCUT2D eigenvalue weighted by Crippen LogP contribution is 2.32. The van der Waals surface area contributed by atoms with E-state index >= 15 is 0 Å². The molecule has 1 amide bonds. The minimum atomic E-state index is -0.459. The topological polar surface area (TPSA) is 63.5 Å². The number of non-ortho nitro benzene ring substituents is 1. The molecule has 1 heterocycles. The number of thioether (sulfide) groups is 1. The Morgan fingerprint density at radius 1 is 1.50 bits per heavy atom. The Balaban J connectivity index is 2.28. The van der Waals surface area contributed by atoms with Crippen LogP contribution in [-0.2, 0) is 4.79 Å². The van der Waals surface area contributed by atoms with Crippen molar-refractivity contribution in [2.45, 2.75) is 13.3 Å². The fourth-order valence-electron chi connectivity index (χ4n) is 1.80. The number of rotatable bonds is 4. The smallest absolute Gasteiger partial charge is 0.270 e. The van der Waals surface area contributed by atoms with Gasteiger partial charge in [-0.3, -0.25) is 19.8 Å². The number of carbonyl (C=O) groups is 1. The maximum Gasteiger partial charge on any atom is 0.270 e. The molecule has 1 fully saturated rings. The van der Waals surface area contributed by atoms with Crippen LogP contribution in [0.4, 0.5) is 5.69 Å². The van der Waals surface area contributed by atoms with E-state index in [2.05, 4.69) is 0 Å². The van der Waals surface area contributed by atoms with Gasteiger partial charge in [-0.25, -0.2) is 0 Å². The molecule has 1 saturated heterocycles. The second-order valence-electron chi connectivity index (χ2n) is 4.19. The maximum atomic E-state index is 12.1. The number of amides is 1. The van der Waals surface area contributed by atoms with E-state index in [4.69, 9.17) is 12.2 Å². The summed E-state index contributed by atoms with van der Waals surface area (Å²) in [7, 11) is 0. The number of thiocarbonyl (C=S) groups is 1. The molecule has 0 bridgehead atoms. The third-order valence-electron chi connectivity index (χ3n) is 2.70. The largest absolute Gasteiger partial charge is 0.293 e. The van der Waals surface area contributed by atoms with E-state index in [1.54, 1.807) is 23.1 Å². The quantitative estimate of drug-likeness (QED) is 0.370. The van der Waals surface area contributed by atoms with Crippen molar-refractivity contribution in [1.29, 1.82) is 0 Å². The SMILES string of the molecule is CCCN1C(=O)C(=Cc2cccc([N+](=O)[O-])c2)SC1=S. The van der Waals surface area contributed by atoms with E-state index in [0.29, 0.717) is 21.3 Å². The van der Waals surface area contributed by atoms with E-state index in [1.165, 1.54) is 23.9 Å². The molecule has 104 valence electrons. The van der Waals surface area contributed by atoms with Crippen LogP contribution in [0.1, 0.15) is 18.9 Å². The first-order valence-electron chi connectivity index (χ1n) is 6.02. The molecule has 0 unspecified atom stereocenters. The van der Waals surface area contributed by atoms with E-state index in [1.807, 2.05) is 6.92 Å². The van der Waals surface area contributed by atoms with Crippen LogP contribution in [0.3, 0.4) is 0 Å². The molecular weight excluding hydrogens is 296 g/mol. The minimum Gasteiger partial charge on any atom is -0.293 e. The Morgan fingerprint density at radius 2 is 2.25 bits per heavy atom. The molecule has 0 atom stereocenters. The first kappa shape index (κ1) is 14.7. The predicted octanol–water partition coefficient (Wildman–Crippen LogP) is 3.21. The van der Waals surface area contributed by atoms with Crippen molar-refractivity contribution in [2.24, 2.45) is 0 Å². The summed E-state index contributed by atoms with van der Waals surface area (Å²) < 4.78 is 0.536. The van der Waals surface area contributed by atoms with Gasteiger partial charge in [0.1, 0.15) is 4.32 Å². The summed E-state index contributed by atoms with van der Waals surface area (Å²) in [5, 5.41) is 10.7. The van der Waals surface area contributed by atoms with Crippen LogP contribution >= 0.6 is 24.0 Å². The van der Waals surface area contributed by atoms with Gasteiger partial charge in [0.05, 0.1) is 9.83 Å². The van der Waals surface area contributed by atoms with Gasteiger partial charge < -0.3 is 0 Å². The van der Waals surface area contributed by atoms with Crippen LogP contribution in [-0.4, -0.2) is 26.6 Å². The van der Waals surface area contributed by atoms with Crippen LogP contribution < -0.4 is 0 Å². The summed E-state index contributed by atoms with van der Waals surface area (Å²) >= 11 is 6.39. The van der Waals surface area contributed by atoms with Crippen LogP contribution in [0.2, 0.25) is 0 Å². The van der Waals surface area contributed by atoms with Crippen molar-refractivity contribution in [1.82, 2.24) is 4.90 Å². The van der Waals surface area contributed by atoms with Crippen molar-refractivity contribution in [3.8, 4) is 0 Å². The number of hydrogen-bond donors (Lipinski definition) is 0. The highest BCUT2D eigenvalue weighted by molar-refractivity contribution is 8.26. The monoisotopic (exact) mass is 308 g/mol. The van der Waals surface area contributed by atoms with Gasteiger partial charge in [0, 0.05) is 18.7 Å². The lowest BCUT2D eigenvalue weighted by Crippen LogP contribution is -2.28. The molecule has 20 heavy (non-hydrogen) atoms. The van der Waals surface area contributed by atoms with E-state index in [9.17, 15) is 14.9 Å². The van der Waals surface area contributed by atoms with Gasteiger partial charge in [0.25, 0.3) is 11.6 Å². The molecule has 0 N–H and O–H groups in total. The standard InChI is InChI=1S/C13H12N2O3S2/c1-2-6-14-12(16)11(20-13(14)19)8-9-4-3-5-10(7-9)15(17)18/h3-5,7-8H,2,6H2,1H3. The second kappa shape index (κ2) is 6.15. The van der Waals surface area contributed by atoms with Crippen LogP contribution in [0, 0.1) is 10.1 Å². The van der Waals surface area contributed by atoms with E-state index in [0.717, 1.165) is 6.42 Å².